The molecule has 8 nitrogen and oxygen atoms in total. The summed E-state index contributed by atoms with van der Waals surface area (Å²) < 4.78 is 38.2. The number of rotatable bonds is 9. The Balaban J connectivity index is 2.18. The fourth-order valence-electron chi connectivity index (χ4n) is 3.24. The van der Waals surface area contributed by atoms with E-state index < -0.39 is 22.1 Å². The molecule has 1 atom stereocenters. The van der Waals surface area contributed by atoms with Crippen molar-refractivity contribution in [2.45, 2.75) is 71.2 Å². The Labute approximate surface area is 183 Å². The van der Waals surface area contributed by atoms with Gasteiger partial charge in [0.15, 0.2) is 6.10 Å². The Kier molecular flexibility index (Phi) is 8.02. The minimum Gasteiger partial charge on any atom is -0.468 e. The average molecular weight is 451 g/mol. The quantitative estimate of drug-likeness (QED) is 0.588. The van der Waals surface area contributed by atoms with Crippen LogP contribution in [0.15, 0.2) is 45.9 Å². The van der Waals surface area contributed by atoms with Gasteiger partial charge in [-0.15, -0.1) is 0 Å². The lowest BCUT2D eigenvalue weighted by molar-refractivity contribution is -0.143. The lowest BCUT2D eigenvalue weighted by atomic mass is 10.1. The summed E-state index contributed by atoms with van der Waals surface area (Å²) in [6.07, 6.45) is 0.445. The van der Waals surface area contributed by atoms with Crippen molar-refractivity contribution < 1.29 is 27.2 Å². The number of esters is 1. The van der Waals surface area contributed by atoms with Crippen LogP contribution in [0.2, 0.25) is 0 Å². The Bertz CT molecular complexity index is 1000. The van der Waals surface area contributed by atoms with Gasteiger partial charge in [0, 0.05) is 12.1 Å². The normalized spacial score (nSPS) is 12.8. The Hall–Kier alpha value is -2.65. The topological polar surface area (TPSA) is 106 Å². The van der Waals surface area contributed by atoms with E-state index in [0.29, 0.717) is 11.3 Å². The zero-order chi connectivity index (χ0) is 23.3. The maximum Gasteiger partial charge on any atom is 0.339 e. The number of sulfonamides is 1. The Morgan fingerprint density at radius 1 is 1.10 bits per heavy atom. The van der Waals surface area contributed by atoms with Crippen molar-refractivity contribution in [3.8, 4) is 0 Å². The molecule has 0 saturated heterocycles. The van der Waals surface area contributed by atoms with E-state index in [4.69, 9.17) is 9.15 Å². The van der Waals surface area contributed by atoms with Gasteiger partial charge in [-0.05, 0) is 71.4 Å². The van der Waals surface area contributed by atoms with Gasteiger partial charge in [0.1, 0.15) is 5.76 Å². The van der Waals surface area contributed by atoms with Crippen molar-refractivity contribution in [3.63, 3.8) is 0 Å². The molecule has 0 radical (unpaired) electrons. The number of ether oxygens (including phenoxy) is 1. The number of nitrogens with one attached hydrogen (secondary N) is 1. The van der Waals surface area contributed by atoms with Gasteiger partial charge in [-0.3, -0.25) is 4.79 Å². The SMILES string of the molecule is Cc1ccc(S(=O)(=O)NCc2ccco2)cc1C(=O)OC(C)C(=O)N(C(C)C)C(C)C. The van der Waals surface area contributed by atoms with Crippen molar-refractivity contribution in [1.29, 1.82) is 0 Å². The highest BCUT2D eigenvalue weighted by atomic mass is 32.2. The molecule has 0 bridgehead atoms. The standard InChI is InChI=1S/C22H30N2O6S/c1-14(2)24(15(3)4)21(25)17(6)30-22(26)20-12-19(10-9-16(20)5)31(27,28)23-13-18-8-7-11-29-18/h7-12,14-15,17,23H,13H2,1-6H3. The van der Waals surface area contributed by atoms with E-state index in [-0.39, 0.29) is 35.0 Å². The van der Waals surface area contributed by atoms with Crippen molar-refractivity contribution in [3.05, 3.63) is 53.5 Å². The van der Waals surface area contributed by atoms with Gasteiger partial charge < -0.3 is 14.1 Å². The maximum absolute atomic E-state index is 12.7. The minimum atomic E-state index is -3.88. The van der Waals surface area contributed by atoms with E-state index in [9.17, 15) is 18.0 Å². The molecule has 1 aromatic heterocycles. The van der Waals surface area contributed by atoms with Crippen LogP contribution in [0, 0.1) is 6.92 Å². The molecule has 0 aliphatic heterocycles. The van der Waals surface area contributed by atoms with Gasteiger partial charge in [-0.2, -0.15) is 0 Å². The molecular weight excluding hydrogens is 420 g/mol. The number of aryl methyl sites for hydroxylation is 1. The van der Waals surface area contributed by atoms with Crippen LogP contribution in [0.1, 0.15) is 56.3 Å². The average Bonchev–Trinajstić information content (AvgIpc) is 3.19. The first-order valence-electron chi connectivity index (χ1n) is 10.1. The first kappa shape index (κ1) is 24.6. The zero-order valence-corrected chi connectivity index (χ0v) is 19.5. The number of carbonyl (C=O) groups is 2. The summed E-state index contributed by atoms with van der Waals surface area (Å²) in [5, 5.41) is 0. The third-order valence-corrected chi connectivity index (χ3v) is 6.15. The van der Waals surface area contributed by atoms with Crippen LogP contribution < -0.4 is 4.72 Å². The van der Waals surface area contributed by atoms with Gasteiger partial charge in [-0.25, -0.2) is 17.9 Å². The molecule has 0 saturated carbocycles. The second-order valence-electron chi connectivity index (χ2n) is 7.86. The molecule has 1 N–H and O–H groups in total. The van der Waals surface area contributed by atoms with E-state index >= 15 is 0 Å². The first-order valence-corrected chi connectivity index (χ1v) is 11.6. The summed E-state index contributed by atoms with van der Waals surface area (Å²) >= 11 is 0. The van der Waals surface area contributed by atoms with Crippen LogP contribution in [0.4, 0.5) is 0 Å². The summed E-state index contributed by atoms with van der Waals surface area (Å²) in [7, 11) is -3.88. The smallest absolute Gasteiger partial charge is 0.339 e. The van der Waals surface area contributed by atoms with Crippen LogP contribution in [0.25, 0.3) is 0 Å². The number of furan rings is 1. The molecule has 170 valence electrons. The van der Waals surface area contributed by atoms with Crippen LogP contribution in [-0.4, -0.2) is 43.4 Å². The highest BCUT2D eigenvalue weighted by Gasteiger charge is 2.29. The molecule has 0 spiro atoms. The van der Waals surface area contributed by atoms with Crippen molar-refractivity contribution >= 4 is 21.9 Å². The van der Waals surface area contributed by atoms with Crippen LogP contribution in [0.5, 0.6) is 0 Å². The molecule has 1 aromatic carbocycles. The van der Waals surface area contributed by atoms with Gasteiger partial charge >= 0.3 is 5.97 Å². The van der Waals surface area contributed by atoms with Gasteiger partial charge in [0.05, 0.1) is 23.3 Å². The van der Waals surface area contributed by atoms with E-state index in [2.05, 4.69) is 4.72 Å². The molecule has 1 unspecified atom stereocenters. The molecule has 2 aromatic rings. The number of amides is 1. The van der Waals surface area contributed by atoms with Gasteiger partial charge in [0.2, 0.25) is 10.0 Å². The maximum atomic E-state index is 12.7. The monoisotopic (exact) mass is 450 g/mol. The highest BCUT2D eigenvalue weighted by Crippen LogP contribution is 2.19. The predicted molar refractivity (Wildman–Crippen MR) is 116 cm³/mol. The van der Waals surface area contributed by atoms with Crippen molar-refractivity contribution in [1.82, 2.24) is 9.62 Å². The fraction of sp³-hybridized carbons (Fsp3) is 0.455. The molecule has 1 heterocycles. The molecule has 0 aliphatic carbocycles. The van der Waals surface area contributed by atoms with E-state index in [1.165, 1.54) is 31.4 Å². The minimum absolute atomic E-state index is 0.0191. The Morgan fingerprint density at radius 2 is 1.74 bits per heavy atom. The summed E-state index contributed by atoms with van der Waals surface area (Å²) in [5.41, 5.74) is 0.625. The second-order valence-corrected chi connectivity index (χ2v) is 9.63. The summed E-state index contributed by atoms with van der Waals surface area (Å²) in [6.45, 7) is 10.7. The largest absolute Gasteiger partial charge is 0.468 e. The number of benzene rings is 1. The highest BCUT2D eigenvalue weighted by molar-refractivity contribution is 7.89. The van der Waals surface area contributed by atoms with Crippen LogP contribution >= 0.6 is 0 Å². The molecular formula is C22H30N2O6S. The predicted octanol–water partition coefficient (Wildman–Crippen LogP) is 3.26. The number of carbonyl (C=O) groups excluding carboxylic acids is 2. The van der Waals surface area contributed by atoms with Crippen molar-refractivity contribution in [2.75, 3.05) is 0 Å². The third-order valence-electron chi connectivity index (χ3n) is 4.75. The zero-order valence-electron chi connectivity index (χ0n) is 18.7. The molecule has 9 heteroatoms. The lowest BCUT2D eigenvalue weighted by Crippen LogP contribution is -2.47. The number of nitrogens with zero attached hydrogens (tertiary/aromatic N) is 1. The lowest BCUT2D eigenvalue weighted by Gasteiger charge is -2.32. The Morgan fingerprint density at radius 3 is 2.29 bits per heavy atom. The summed E-state index contributed by atoms with van der Waals surface area (Å²) in [5.74, 6) is -0.601. The second kappa shape index (κ2) is 10.1. The van der Waals surface area contributed by atoms with Crippen LogP contribution in [0.3, 0.4) is 0 Å². The van der Waals surface area contributed by atoms with Gasteiger partial charge in [0.25, 0.3) is 5.91 Å². The first-order chi connectivity index (χ1) is 14.4. The molecule has 0 fully saturated rings. The van der Waals surface area contributed by atoms with E-state index in [1.807, 2.05) is 27.7 Å². The van der Waals surface area contributed by atoms with Gasteiger partial charge in [-0.1, -0.05) is 6.07 Å². The summed E-state index contributed by atoms with van der Waals surface area (Å²) in [4.78, 5) is 27.0. The third kappa shape index (κ3) is 6.18. The summed E-state index contributed by atoms with van der Waals surface area (Å²) in [6, 6.07) is 7.39. The van der Waals surface area contributed by atoms with Crippen LogP contribution in [-0.2, 0) is 26.1 Å². The molecule has 2 rings (SSSR count). The molecule has 31 heavy (non-hydrogen) atoms. The number of hydrogen-bond acceptors (Lipinski definition) is 6. The van der Waals surface area contributed by atoms with Crippen molar-refractivity contribution in [2.24, 2.45) is 0 Å². The van der Waals surface area contributed by atoms with E-state index in [1.54, 1.807) is 24.0 Å². The molecule has 0 aliphatic rings. The van der Waals surface area contributed by atoms with E-state index in [0.717, 1.165) is 0 Å². The fourth-order valence-corrected chi connectivity index (χ4v) is 4.26. The number of hydrogen-bond donors (Lipinski definition) is 1. The molecule has 1 amide bonds.